The molecule has 0 spiro atoms. The van der Waals surface area contributed by atoms with Gasteiger partial charge in [0.05, 0.1) is 11.4 Å². The minimum absolute atomic E-state index is 0.000397. The van der Waals surface area contributed by atoms with E-state index in [-0.39, 0.29) is 17.8 Å². The van der Waals surface area contributed by atoms with E-state index in [1.54, 1.807) is 18.2 Å². The van der Waals surface area contributed by atoms with Gasteiger partial charge < -0.3 is 15.0 Å². The van der Waals surface area contributed by atoms with Crippen molar-refractivity contribution in [2.45, 2.75) is 32.7 Å². The van der Waals surface area contributed by atoms with Gasteiger partial charge in [0.15, 0.2) is 0 Å². The summed E-state index contributed by atoms with van der Waals surface area (Å²) in [6.07, 6.45) is 4.39. The van der Waals surface area contributed by atoms with E-state index in [1.807, 2.05) is 30.3 Å². The van der Waals surface area contributed by atoms with Gasteiger partial charge in [0.25, 0.3) is 0 Å². The largest absolute Gasteiger partial charge is 0.434 e. The maximum Gasteiger partial charge on any atom is 0.387 e. The Morgan fingerprint density at radius 1 is 1.29 bits per heavy atom. The number of hydrogen-bond acceptors (Lipinski definition) is 3. The second-order valence-electron chi connectivity index (χ2n) is 6.79. The smallest absolute Gasteiger partial charge is 0.387 e. The molecule has 0 amide bonds. The first kappa shape index (κ1) is 20.4. The van der Waals surface area contributed by atoms with E-state index in [4.69, 9.17) is 4.74 Å². The standard InChI is InChI=1S/C22H23BrF2N2O/c1-4-7-14(3)21-26-18-11-10-16(23)12-19(18)27(21)13-17-15(5-2)8-6-9-20(17)28-22(24)25/h4-6,8-12,14,21-22,26H,1-2,7,13H2,3H3. The lowest BCUT2D eigenvalue weighted by Crippen LogP contribution is -2.40. The van der Waals surface area contributed by atoms with Crippen LogP contribution < -0.4 is 15.0 Å². The summed E-state index contributed by atoms with van der Waals surface area (Å²) in [5.41, 5.74) is 3.48. The Labute approximate surface area is 172 Å². The van der Waals surface area contributed by atoms with Crippen LogP contribution in [0.3, 0.4) is 0 Å². The summed E-state index contributed by atoms with van der Waals surface area (Å²) in [4.78, 5) is 2.19. The Kier molecular flexibility index (Phi) is 6.39. The molecule has 2 aromatic rings. The van der Waals surface area contributed by atoms with Gasteiger partial charge in [-0.1, -0.05) is 53.7 Å². The average molecular weight is 449 g/mol. The number of alkyl halides is 2. The molecular formula is C22H23BrF2N2O. The molecule has 1 N–H and O–H groups in total. The van der Waals surface area contributed by atoms with Gasteiger partial charge in [0.1, 0.15) is 11.9 Å². The van der Waals surface area contributed by atoms with E-state index >= 15 is 0 Å². The number of nitrogens with zero attached hydrogens (tertiary/aromatic N) is 1. The van der Waals surface area contributed by atoms with Gasteiger partial charge in [-0.2, -0.15) is 8.78 Å². The van der Waals surface area contributed by atoms with Crippen molar-refractivity contribution in [3.63, 3.8) is 0 Å². The van der Waals surface area contributed by atoms with Crippen molar-refractivity contribution >= 4 is 33.4 Å². The Bertz CT molecular complexity index is 872. The third-order valence-corrected chi connectivity index (χ3v) is 5.41. The highest BCUT2D eigenvalue weighted by atomic mass is 79.9. The monoisotopic (exact) mass is 448 g/mol. The van der Waals surface area contributed by atoms with Crippen LogP contribution in [0.4, 0.5) is 20.2 Å². The molecule has 0 bridgehead atoms. The van der Waals surface area contributed by atoms with Crippen molar-refractivity contribution in [2.75, 3.05) is 10.2 Å². The quantitative estimate of drug-likeness (QED) is 0.456. The molecule has 28 heavy (non-hydrogen) atoms. The molecule has 0 aromatic heterocycles. The number of nitrogens with one attached hydrogen (secondary N) is 1. The third kappa shape index (κ3) is 4.22. The van der Waals surface area contributed by atoms with E-state index < -0.39 is 6.61 Å². The Morgan fingerprint density at radius 2 is 2.07 bits per heavy atom. The van der Waals surface area contributed by atoms with Crippen LogP contribution in [0.1, 0.15) is 24.5 Å². The molecule has 0 saturated carbocycles. The van der Waals surface area contributed by atoms with Crippen molar-refractivity contribution in [1.29, 1.82) is 0 Å². The fourth-order valence-corrected chi connectivity index (χ4v) is 3.95. The number of anilines is 2. The molecule has 1 aliphatic heterocycles. The summed E-state index contributed by atoms with van der Waals surface area (Å²) in [6, 6.07) is 11.2. The number of fused-ring (bicyclic) bond motifs is 1. The van der Waals surface area contributed by atoms with Gasteiger partial charge >= 0.3 is 6.61 Å². The minimum atomic E-state index is -2.88. The van der Waals surface area contributed by atoms with Crippen LogP contribution in [-0.2, 0) is 6.54 Å². The SMILES string of the molecule is C=CCC(C)C1Nc2ccc(Br)cc2N1Cc1c(C=C)cccc1OC(F)F. The molecule has 1 aliphatic rings. The topological polar surface area (TPSA) is 24.5 Å². The first-order valence-corrected chi connectivity index (χ1v) is 9.86. The predicted molar refractivity (Wildman–Crippen MR) is 115 cm³/mol. The van der Waals surface area contributed by atoms with Crippen LogP contribution >= 0.6 is 15.9 Å². The molecule has 3 nitrogen and oxygen atoms in total. The zero-order valence-electron chi connectivity index (χ0n) is 15.7. The van der Waals surface area contributed by atoms with Crippen LogP contribution in [0.5, 0.6) is 5.75 Å². The van der Waals surface area contributed by atoms with Gasteiger partial charge in [-0.3, -0.25) is 0 Å². The fraction of sp³-hybridized carbons (Fsp3) is 0.273. The van der Waals surface area contributed by atoms with Crippen LogP contribution in [0.25, 0.3) is 6.08 Å². The maximum atomic E-state index is 13.0. The number of ether oxygens (including phenoxy) is 1. The number of allylic oxidation sites excluding steroid dienone is 1. The first-order valence-electron chi connectivity index (χ1n) is 9.07. The van der Waals surface area contributed by atoms with E-state index in [0.29, 0.717) is 12.1 Å². The van der Waals surface area contributed by atoms with Crippen molar-refractivity contribution in [2.24, 2.45) is 5.92 Å². The molecule has 3 rings (SSSR count). The summed E-state index contributed by atoms with van der Waals surface area (Å²) in [6.45, 7) is 7.35. The van der Waals surface area contributed by atoms with Gasteiger partial charge in [0.2, 0.25) is 0 Å². The van der Waals surface area contributed by atoms with Crippen molar-refractivity contribution in [3.8, 4) is 5.75 Å². The van der Waals surface area contributed by atoms with E-state index in [9.17, 15) is 8.78 Å². The molecule has 2 atom stereocenters. The van der Waals surface area contributed by atoms with Crippen molar-refractivity contribution in [1.82, 2.24) is 0 Å². The molecule has 6 heteroatoms. The van der Waals surface area contributed by atoms with Gasteiger partial charge in [-0.15, -0.1) is 6.58 Å². The molecular weight excluding hydrogens is 426 g/mol. The fourth-order valence-electron chi connectivity index (χ4n) is 3.60. The summed E-state index contributed by atoms with van der Waals surface area (Å²) >= 11 is 3.53. The summed E-state index contributed by atoms with van der Waals surface area (Å²) in [5.74, 6) is 0.435. The molecule has 0 aliphatic carbocycles. The van der Waals surface area contributed by atoms with Crippen LogP contribution in [0.2, 0.25) is 0 Å². The summed E-state index contributed by atoms with van der Waals surface area (Å²) in [5, 5.41) is 3.56. The summed E-state index contributed by atoms with van der Waals surface area (Å²) in [7, 11) is 0. The molecule has 0 saturated heterocycles. The second-order valence-corrected chi connectivity index (χ2v) is 7.70. The third-order valence-electron chi connectivity index (χ3n) is 4.92. The highest BCUT2D eigenvalue weighted by Crippen LogP contribution is 2.41. The van der Waals surface area contributed by atoms with Gasteiger partial charge in [-0.05, 0) is 42.2 Å². The lowest BCUT2D eigenvalue weighted by Gasteiger charge is -2.32. The molecule has 148 valence electrons. The molecule has 0 fully saturated rings. The lowest BCUT2D eigenvalue weighted by atomic mass is 10.0. The van der Waals surface area contributed by atoms with E-state index in [0.717, 1.165) is 27.8 Å². The van der Waals surface area contributed by atoms with Crippen LogP contribution in [-0.4, -0.2) is 12.8 Å². The van der Waals surface area contributed by atoms with Crippen LogP contribution in [0, 0.1) is 5.92 Å². The zero-order valence-corrected chi connectivity index (χ0v) is 17.3. The molecule has 2 unspecified atom stereocenters. The minimum Gasteiger partial charge on any atom is -0.434 e. The molecule has 2 aromatic carbocycles. The first-order chi connectivity index (χ1) is 13.4. The van der Waals surface area contributed by atoms with Crippen LogP contribution in [0.15, 0.2) is 60.1 Å². The van der Waals surface area contributed by atoms with Crippen molar-refractivity contribution < 1.29 is 13.5 Å². The zero-order chi connectivity index (χ0) is 20.3. The second kappa shape index (κ2) is 8.78. The predicted octanol–water partition coefficient (Wildman–Crippen LogP) is 6.66. The number of hydrogen-bond donors (Lipinski definition) is 1. The van der Waals surface area contributed by atoms with Crippen molar-refractivity contribution in [3.05, 3.63) is 71.2 Å². The highest BCUT2D eigenvalue weighted by Gasteiger charge is 2.33. The number of halogens is 3. The average Bonchev–Trinajstić information content (AvgIpc) is 3.00. The Balaban J connectivity index is 2.04. The molecule has 1 heterocycles. The normalized spacial score (nSPS) is 16.5. The summed E-state index contributed by atoms with van der Waals surface area (Å²) < 4.78 is 31.7. The number of rotatable bonds is 8. The Morgan fingerprint density at radius 3 is 2.75 bits per heavy atom. The molecule has 0 radical (unpaired) electrons. The van der Waals surface area contributed by atoms with E-state index in [1.165, 1.54) is 0 Å². The lowest BCUT2D eigenvalue weighted by molar-refractivity contribution is -0.0504. The number of benzene rings is 2. The highest BCUT2D eigenvalue weighted by molar-refractivity contribution is 9.10. The van der Waals surface area contributed by atoms with E-state index in [2.05, 4.69) is 46.2 Å². The van der Waals surface area contributed by atoms with Gasteiger partial charge in [-0.25, -0.2) is 0 Å². The van der Waals surface area contributed by atoms with Gasteiger partial charge in [0, 0.05) is 16.6 Å². The Hall–Kier alpha value is -2.34. The maximum absolute atomic E-state index is 13.0.